The molecular weight excluding hydrogens is 208 g/mol. The van der Waals surface area contributed by atoms with E-state index in [9.17, 15) is 14.9 Å². The number of para-hydroxylation sites is 1. The standard InChI is InChI=1S/C11H8N2O3/c14-11-7-8(5-6-12-11)9-3-1-2-4-10(9)13(15)16/h1-7H,(H,12,14). The highest BCUT2D eigenvalue weighted by molar-refractivity contribution is 5.72. The highest BCUT2D eigenvalue weighted by atomic mass is 16.6. The minimum Gasteiger partial charge on any atom is -0.329 e. The van der Waals surface area contributed by atoms with Crippen molar-refractivity contribution in [2.24, 2.45) is 0 Å². The summed E-state index contributed by atoms with van der Waals surface area (Å²) >= 11 is 0. The summed E-state index contributed by atoms with van der Waals surface area (Å²) in [7, 11) is 0. The fraction of sp³-hybridized carbons (Fsp3) is 0. The summed E-state index contributed by atoms with van der Waals surface area (Å²) in [6, 6.07) is 9.29. The lowest BCUT2D eigenvalue weighted by Gasteiger charge is -2.01. The van der Waals surface area contributed by atoms with Crippen molar-refractivity contribution in [2.45, 2.75) is 0 Å². The largest absolute Gasteiger partial charge is 0.329 e. The molecule has 0 aliphatic rings. The highest BCUT2D eigenvalue weighted by Crippen LogP contribution is 2.27. The smallest absolute Gasteiger partial charge is 0.277 e. The van der Waals surface area contributed by atoms with Crippen LogP contribution < -0.4 is 5.56 Å². The van der Waals surface area contributed by atoms with E-state index < -0.39 is 4.92 Å². The number of rotatable bonds is 2. The molecule has 5 heteroatoms. The summed E-state index contributed by atoms with van der Waals surface area (Å²) in [5.41, 5.74) is 0.693. The predicted molar refractivity (Wildman–Crippen MR) is 59.2 cm³/mol. The third-order valence-electron chi connectivity index (χ3n) is 2.19. The van der Waals surface area contributed by atoms with Gasteiger partial charge in [-0.15, -0.1) is 0 Å². The van der Waals surface area contributed by atoms with Gasteiger partial charge >= 0.3 is 0 Å². The number of aromatic amines is 1. The van der Waals surface area contributed by atoms with E-state index in [1.165, 1.54) is 18.3 Å². The first-order chi connectivity index (χ1) is 7.68. The molecular formula is C11H8N2O3. The number of hydrogen-bond donors (Lipinski definition) is 1. The van der Waals surface area contributed by atoms with Crippen molar-refractivity contribution in [1.29, 1.82) is 0 Å². The number of pyridine rings is 1. The summed E-state index contributed by atoms with van der Waals surface area (Å²) in [5.74, 6) is 0. The number of nitrogens with one attached hydrogen (secondary N) is 1. The Labute approximate surface area is 90.5 Å². The molecule has 0 saturated heterocycles. The lowest BCUT2D eigenvalue weighted by Crippen LogP contribution is -2.02. The maximum absolute atomic E-state index is 11.1. The molecule has 0 fully saturated rings. The van der Waals surface area contributed by atoms with Gasteiger partial charge in [-0.25, -0.2) is 0 Å². The van der Waals surface area contributed by atoms with Gasteiger partial charge in [-0.3, -0.25) is 14.9 Å². The van der Waals surface area contributed by atoms with Crippen LogP contribution in [0.25, 0.3) is 11.1 Å². The summed E-state index contributed by atoms with van der Waals surface area (Å²) in [5, 5.41) is 10.8. The molecule has 1 aromatic carbocycles. The Morgan fingerprint density at radius 2 is 1.94 bits per heavy atom. The summed E-state index contributed by atoms with van der Waals surface area (Å²) in [6.07, 6.45) is 1.47. The highest BCUT2D eigenvalue weighted by Gasteiger charge is 2.13. The van der Waals surface area contributed by atoms with Crippen LogP contribution in [0.1, 0.15) is 0 Å². The quantitative estimate of drug-likeness (QED) is 0.615. The molecule has 2 rings (SSSR count). The second-order valence-corrected chi connectivity index (χ2v) is 3.22. The van der Waals surface area contributed by atoms with Gasteiger partial charge in [0, 0.05) is 18.3 Å². The molecule has 0 saturated carbocycles. The zero-order valence-corrected chi connectivity index (χ0v) is 8.21. The first-order valence-corrected chi connectivity index (χ1v) is 4.61. The second-order valence-electron chi connectivity index (χ2n) is 3.22. The lowest BCUT2D eigenvalue weighted by molar-refractivity contribution is -0.384. The first kappa shape index (κ1) is 10.1. The van der Waals surface area contributed by atoms with Crippen LogP contribution in [0.3, 0.4) is 0 Å². The van der Waals surface area contributed by atoms with Crippen molar-refractivity contribution in [2.75, 3.05) is 0 Å². The minimum absolute atomic E-state index is 0.00639. The maximum atomic E-state index is 11.1. The molecule has 1 heterocycles. The second kappa shape index (κ2) is 3.98. The van der Waals surface area contributed by atoms with Crippen LogP contribution in [0.5, 0.6) is 0 Å². The Morgan fingerprint density at radius 3 is 2.62 bits per heavy atom. The number of benzene rings is 1. The van der Waals surface area contributed by atoms with E-state index in [4.69, 9.17) is 0 Å². The molecule has 0 amide bonds. The molecule has 80 valence electrons. The fourth-order valence-electron chi connectivity index (χ4n) is 1.49. The molecule has 0 aliphatic heterocycles. The van der Waals surface area contributed by atoms with Gasteiger partial charge in [-0.1, -0.05) is 12.1 Å². The molecule has 0 radical (unpaired) electrons. The van der Waals surface area contributed by atoms with Gasteiger partial charge in [0.25, 0.3) is 5.69 Å². The van der Waals surface area contributed by atoms with Crippen LogP contribution in [0, 0.1) is 10.1 Å². The summed E-state index contributed by atoms with van der Waals surface area (Å²) < 4.78 is 0. The van der Waals surface area contributed by atoms with Gasteiger partial charge in [-0.05, 0) is 17.7 Å². The van der Waals surface area contributed by atoms with Crippen LogP contribution >= 0.6 is 0 Å². The third kappa shape index (κ3) is 1.83. The average molecular weight is 216 g/mol. The van der Waals surface area contributed by atoms with Gasteiger partial charge in [0.2, 0.25) is 5.56 Å². The van der Waals surface area contributed by atoms with Crippen molar-refractivity contribution >= 4 is 5.69 Å². The van der Waals surface area contributed by atoms with E-state index in [1.807, 2.05) is 0 Å². The number of H-pyrrole nitrogens is 1. The Morgan fingerprint density at radius 1 is 1.19 bits per heavy atom. The Kier molecular flexibility index (Phi) is 2.51. The van der Waals surface area contributed by atoms with Gasteiger partial charge in [0.1, 0.15) is 0 Å². The molecule has 0 unspecified atom stereocenters. The number of nitro groups is 1. The molecule has 0 atom stereocenters. The topological polar surface area (TPSA) is 76.0 Å². The van der Waals surface area contributed by atoms with Gasteiger partial charge in [0.05, 0.1) is 10.5 Å². The van der Waals surface area contributed by atoms with Gasteiger partial charge in [0.15, 0.2) is 0 Å². The van der Waals surface area contributed by atoms with E-state index in [-0.39, 0.29) is 11.2 Å². The van der Waals surface area contributed by atoms with Crippen molar-refractivity contribution in [1.82, 2.24) is 4.98 Å². The van der Waals surface area contributed by atoms with E-state index >= 15 is 0 Å². The minimum atomic E-state index is -0.462. The number of hydrogen-bond acceptors (Lipinski definition) is 3. The lowest BCUT2D eigenvalue weighted by atomic mass is 10.1. The monoisotopic (exact) mass is 216 g/mol. The predicted octanol–water partition coefficient (Wildman–Crippen LogP) is 1.95. The van der Waals surface area contributed by atoms with E-state index in [2.05, 4.69) is 4.98 Å². The van der Waals surface area contributed by atoms with Crippen molar-refractivity contribution in [3.05, 3.63) is 63.1 Å². The Balaban J connectivity index is 2.64. The molecule has 0 spiro atoms. The summed E-state index contributed by atoms with van der Waals surface area (Å²) in [6.45, 7) is 0. The summed E-state index contributed by atoms with van der Waals surface area (Å²) in [4.78, 5) is 23.9. The fourth-order valence-corrected chi connectivity index (χ4v) is 1.49. The first-order valence-electron chi connectivity index (χ1n) is 4.61. The SMILES string of the molecule is O=c1cc(-c2ccccc2[N+](=O)[O-])cc[nH]1. The van der Waals surface area contributed by atoms with Gasteiger partial charge < -0.3 is 4.98 Å². The van der Waals surface area contributed by atoms with E-state index in [0.29, 0.717) is 11.1 Å². The number of aromatic nitrogens is 1. The molecule has 2 aromatic rings. The van der Waals surface area contributed by atoms with Crippen molar-refractivity contribution < 1.29 is 4.92 Å². The van der Waals surface area contributed by atoms with Gasteiger partial charge in [-0.2, -0.15) is 0 Å². The van der Waals surface area contributed by atoms with E-state index in [1.54, 1.807) is 24.3 Å². The molecule has 1 aromatic heterocycles. The average Bonchev–Trinajstić information content (AvgIpc) is 2.29. The molecule has 0 bridgehead atoms. The molecule has 16 heavy (non-hydrogen) atoms. The molecule has 1 N–H and O–H groups in total. The molecule has 0 aliphatic carbocycles. The van der Waals surface area contributed by atoms with Crippen molar-refractivity contribution in [3.63, 3.8) is 0 Å². The Bertz CT molecular complexity index is 590. The number of nitrogens with zero attached hydrogens (tertiary/aromatic N) is 1. The van der Waals surface area contributed by atoms with Crippen LogP contribution in [0.15, 0.2) is 47.4 Å². The molecule has 5 nitrogen and oxygen atoms in total. The normalized spacial score (nSPS) is 10.0. The maximum Gasteiger partial charge on any atom is 0.277 e. The third-order valence-corrected chi connectivity index (χ3v) is 2.19. The van der Waals surface area contributed by atoms with E-state index in [0.717, 1.165) is 0 Å². The zero-order valence-electron chi connectivity index (χ0n) is 8.21. The van der Waals surface area contributed by atoms with Crippen LogP contribution in [-0.4, -0.2) is 9.91 Å². The van der Waals surface area contributed by atoms with Crippen LogP contribution in [0.4, 0.5) is 5.69 Å². The Hall–Kier alpha value is -2.43. The van der Waals surface area contributed by atoms with Crippen LogP contribution in [0.2, 0.25) is 0 Å². The van der Waals surface area contributed by atoms with Crippen molar-refractivity contribution in [3.8, 4) is 11.1 Å². The van der Waals surface area contributed by atoms with Crippen LogP contribution in [-0.2, 0) is 0 Å². The number of nitro benzene ring substituents is 1. The zero-order chi connectivity index (χ0) is 11.5.